The van der Waals surface area contributed by atoms with E-state index < -0.39 is 0 Å². The Morgan fingerprint density at radius 3 is 2.94 bits per heavy atom. The van der Waals surface area contributed by atoms with E-state index in [2.05, 4.69) is 28.3 Å². The molecule has 0 radical (unpaired) electrons. The first-order valence-electron chi connectivity index (χ1n) is 5.33. The number of hydrogen-bond donors (Lipinski definition) is 1. The van der Waals surface area contributed by atoms with E-state index in [1.165, 1.54) is 0 Å². The molecule has 5 heteroatoms. The quantitative estimate of drug-likeness (QED) is 0.831. The van der Waals surface area contributed by atoms with Crippen molar-refractivity contribution in [2.75, 3.05) is 11.9 Å². The van der Waals surface area contributed by atoms with Gasteiger partial charge < -0.3 is 12.4 Å². The molecule has 0 bridgehead atoms. The van der Waals surface area contributed by atoms with Crippen LogP contribution in [0.1, 0.15) is 5.56 Å². The maximum absolute atomic E-state index is 6.01. The molecule has 0 aliphatic carbocycles. The summed E-state index contributed by atoms with van der Waals surface area (Å²) in [6, 6.07) is 6.03. The summed E-state index contributed by atoms with van der Waals surface area (Å²) in [7, 11) is 0. The summed E-state index contributed by atoms with van der Waals surface area (Å²) >= 11 is 7.66. The smallest absolute Gasteiger partial charge is 0.332 e. The third-order valence-electron chi connectivity index (χ3n) is 2.42. The molecule has 0 saturated heterocycles. The molecular formula is C13H14Cl2N2S. The van der Waals surface area contributed by atoms with Crippen molar-refractivity contribution in [1.82, 2.24) is 0 Å². The van der Waals surface area contributed by atoms with Crippen LogP contribution in [-0.2, 0) is 0 Å². The largest absolute Gasteiger partial charge is 1.00 e. The van der Waals surface area contributed by atoms with Crippen molar-refractivity contribution in [3.05, 3.63) is 46.8 Å². The Bertz CT molecular complexity index is 538. The molecule has 0 amide bonds. The Morgan fingerprint density at radius 2 is 2.28 bits per heavy atom. The summed E-state index contributed by atoms with van der Waals surface area (Å²) in [5.41, 5.74) is 3.33. The number of H-pyrrole nitrogens is 1. The van der Waals surface area contributed by atoms with Crippen LogP contribution in [0.5, 0.6) is 0 Å². The van der Waals surface area contributed by atoms with Gasteiger partial charge in [-0.15, -0.1) is 0 Å². The number of anilines is 1. The van der Waals surface area contributed by atoms with Crippen LogP contribution in [0.25, 0.3) is 11.3 Å². The van der Waals surface area contributed by atoms with Crippen molar-refractivity contribution >= 4 is 28.1 Å². The average molecular weight is 301 g/mol. The molecule has 1 aromatic heterocycles. The number of benzene rings is 1. The fraction of sp³-hybridized carbons (Fsp3) is 0.154. The normalized spacial score (nSPS) is 9.67. The van der Waals surface area contributed by atoms with E-state index >= 15 is 0 Å². The van der Waals surface area contributed by atoms with Crippen LogP contribution < -0.4 is 22.7 Å². The van der Waals surface area contributed by atoms with Crippen molar-refractivity contribution in [3.63, 3.8) is 0 Å². The molecule has 0 atom stereocenters. The fourth-order valence-electron chi connectivity index (χ4n) is 1.50. The maximum atomic E-state index is 6.01. The molecule has 1 aromatic carbocycles. The van der Waals surface area contributed by atoms with Crippen molar-refractivity contribution in [1.29, 1.82) is 0 Å². The highest BCUT2D eigenvalue weighted by Crippen LogP contribution is 2.24. The van der Waals surface area contributed by atoms with Gasteiger partial charge in [0.2, 0.25) is 0 Å². The summed E-state index contributed by atoms with van der Waals surface area (Å²) < 4.78 is 0. The summed E-state index contributed by atoms with van der Waals surface area (Å²) in [4.78, 5) is 3.33. The Labute approximate surface area is 122 Å². The second-order valence-corrected chi connectivity index (χ2v) is 5.02. The number of hydrogen-bond acceptors (Lipinski definition) is 2. The minimum Gasteiger partial charge on any atom is -1.00 e. The van der Waals surface area contributed by atoms with Gasteiger partial charge in [0.15, 0.2) is 0 Å². The van der Waals surface area contributed by atoms with Crippen molar-refractivity contribution in [2.24, 2.45) is 0 Å². The van der Waals surface area contributed by atoms with E-state index in [1.54, 1.807) is 11.3 Å². The minimum atomic E-state index is 0. The first-order valence-corrected chi connectivity index (χ1v) is 6.58. The van der Waals surface area contributed by atoms with E-state index in [9.17, 15) is 0 Å². The van der Waals surface area contributed by atoms with Gasteiger partial charge in [0.1, 0.15) is 12.2 Å². The third-order valence-corrected chi connectivity index (χ3v) is 3.68. The standard InChI is InChI=1S/C13H13ClN2S.ClH/c1-3-6-15-13-16-12(8-17-13)10-4-5-11(14)9(2)7-10;/h3-5,7-8H,1,6H2,2H3,(H,15,16);1H. The highest BCUT2D eigenvalue weighted by atomic mass is 35.5. The highest BCUT2D eigenvalue weighted by Gasteiger charge is 2.09. The molecule has 0 spiro atoms. The lowest BCUT2D eigenvalue weighted by molar-refractivity contribution is -0.341. The Hall–Kier alpha value is -1.03. The molecule has 96 valence electrons. The minimum absolute atomic E-state index is 0. The molecule has 0 unspecified atom stereocenters. The van der Waals surface area contributed by atoms with E-state index in [1.807, 2.05) is 25.1 Å². The first kappa shape index (κ1) is 15.0. The van der Waals surface area contributed by atoms with Crippen LogP contribution in [0.2, 0.25) is 5.02 Å². The lowest BCUT2D eigenvalue weighted by Gasteiger charge is -1.99. The second-order valence-electron chi connectivity index (χ2n) is 3.74. The molecule has 2 aromatic rings. The van der Waals surface area contributed by atoms with Crippen molar-refractivity contribution in [3.8, 4) is 11.3 Å². The SMILES string of the molecule is C=CCNc1[nH+]c(-c2ccc(Cl)c(C)c2)cs1.[Cl-]. The van der Waals surface area contributed by atoms with E-state index in [-0.39, 0.29) is 12.4 Å². The van der Waals surface area contributed by atoms with Gasteiger partial charge in [0.05, 0.1) is 0 Å². The van der Waals surface area contributed by atoms with E-state index in [0.717, 1.165) is 33.5 Å². The first-order chi connectivity index (χ1) is 8.20. The molecule has 2 rings (SSSR count). The summed E-state index contributed by atoms with van der Waals surface area (Å²) in [6.07, 6.45) is 1.83. The highest BCUT2D eigenvalue weighted by molar-refractivity contribution is 7.13. The molecule has 0 aliphatic heterocycles. The Balaban J connectivity index is 0.00000162. The van der Waals surface area contributed by atoms with Crippen molar-refractivity contribution in [2.45, 2.75) is 6.92 Å². The molecule has 0 aliphatic rings. The van der Waals surface area contributed by atoms with Gasteiger partial charge in [-0.2, -0.15) is 0 Å². The van der Waals surface area contributed by atoms with Gasteiger partial charge >= 0.3 is 5.13 Å². The molecule has 2 nitrogen and oxygen atoms in total. The number of nitrogens with one attached hydrogen (secondary N) is 2. The van der Waals surface area contributed by atoms with Gasteiger partial charge in [-0.3, -0.25) is 5.32 Å². The fourth-order valence-corrected chi connectivity index (χ4v) is 2.39. The van der Waals surface area contributed by atoms with Crippen LogP contribution in [0, 0.1) is 6.92 Å². The number of aryl methyl sites for hydroxylation is 1. The molecule has 1 heterocycles. The molecule has 18 heavy (non-hydrogen) atoms. The van der Waals surface area contributed by atoms with Gasteiger partial charge in [0, 0.05) is 16.0 Å². The van der Waals surface area contributed by atoms with Crippen LogP contribution in [0.15, 0.2) is 36.2 Å². The van der Waals surface area contributed by atoms with E-state index in [4.69, 9.17) is 11.6 Å². The maximum Gasteiger partial charge on any atom is 0.332 e. The number of halogens is 2. The summed E-state index contributed by atoms with van der Waals surface area (Å²) in [5.74, 6) is 0. The molecule has 0 fully saturated rings. The van der Waals surface area contributed by atoms with Gasteiger partial charge in [-0.05, 0) is 30.7 Å². The van der Waals surface area contributed by atoms with Crippen LogP contribution in [-0.4, -0.2) is 6.54 Å². The number of aromatic amines is 1. The lowest BCUT2D eigenvalue weighted by Crippen LogP contribution is -3.00. The monoisotopic (exact) mass is 300 g/mol. The zero-order valence-electron chi connectivity index (χ0n) is 9.97. The van der Waals surface area contributed by atoms with Crippen LogP contribution in [0.3, 0.4) is 0 Å². The van der Waals surface area contributed by atoms with Gasteiger partial charge in [0.25, 0.3) is 0 Å². The number of thiazole rings is 1. The van der Waals surface area contributed by atoms with Crippen LogP contribution >= 0.6 is 22.9 Å². The number of aromatic nitrogens is 1. The second kappa shape index (κ2) is 6.78. The predicted molar refractivity (Wildman–Crippen MR) is 74.7 cm³/mol. The number of rotatable bonds is 4. The predicted octanol–water partition coefficient (Wildman–Crippen LogP) is 0.793. The average Bonchev–Trinajstić information content (AvgIpc) is 2.79. The zero-order valence-corrected chi connectivity index (χ0v) is 12.3. The molecule has 0 saturated carbocycles. The van der Waals surface area contributed by atoms with Gasteiger partial charge in [-0.1, -0.05) is 35.6 Å². The summed E-state index contributed by atoms with van der Waals surface area (Å²) in [6.45, 7) is 6.44. The zero-order chi connectivity index (χ0) is 12.3. The molecular weight excluding hydrogens is 287 g/mol. The van der Waals surface area contributed by atoms with Crippen molar-refractivity contribution < 1.29 is 17.4 Å². The topological polar surface area (TPSA) is 26.2 Å². The Kier molecular flexibility index (Phi) is 5.66. The lowest BCUT2D eigenvalue weighted by atomic mass is 10.1. The molecule has 2 N–H and O–H groups in total. The van der Waals surface area contributed by atoms with E-state index in [0.29, 0.717) is 0 Å². The van der Waals surface area contributed by atoms with Gasteiger partial charge in [-0.25, -0.2) is 4.98 Å². The summed E-state index contributed by atoms with van der Waals surface area (Å²) in [5, 5.41) is 7.16. The Morgan fingerprint density at radius 1 is 1.50 bits per heavy atom. The third kappa shape index (κ3) is 3.48. The van der Waals surface area contributed by atoms with Crippen LogP contribution in [0.4, 0.5) is 5.13 Å².